The molecule has 0 bridgehead atoms. The fraction of sp³-hybridized carbons (Fsp3) is 0.680. The molecule has 2 unspecified atom stereocenters. The van der Waals surface area contributed by atoms with Crippen molar-refractivity contribution in [3.05, 3.63) is 34.9 Å². The summed E-state index contributed by atoms with van der Waals surface area (Å²) < 4.78 is 0. The van der Waals surface area contributed by atoms with Crippen LogP contribution in [0.3, 0.4) is 0 Å². The van der Waals surface area contributed by atoms with Gasteiger partial charge >= 0.3 is 6.03 Å². The summed E-state index contributed by atoms with van der Waals surface area (Å²) in [5.41, 5.74) is -1.85. The number of likely N-dealkylation sites (tertiary alicyclic amines) is 1. The lowest BCUT2D eigenvalue weighted by molar-refractivity contribution is -0.156. The van der Waals surface area contributed by atoms with Crippen LogP contribution in [0.2, 0.25) is 5.02 Å². The molecule has 1 aromatic rings. The second-order valence-corrected chi connectivity index (χ2v) is 11.3. The number of hydrogen-bond acceptors (Lipinski definition) is 4. The Labute approximate surface area is 201 Å². The van der Waals surface area contributed by atoms with Crippen molar-refractivity contribution in [2.24, 2.45) is 11.3 Å². The lowest BCUT2D eigenvalue weighted by Crippen LogP contribution is -2.59. The van der Waals surface area contributed by atoms with Gasteiger partial charge in [0.25, 0.3) is 0 Å². The van der Waals surface area contributed by atoms with E-state index in [2.05, 4.69) is 10.6 Å². The number of piperidine rings is 1. The number of aliphatic hydroxyl groups is 2. The van der Waals surface area contributed by atoms with Gasteiger partial charge in [-0.2, -0.15) is 0 Å². The molecule has 0 spiro atoms. The van der Waals surface area contributed by atoms with Crippen LogP contribution in [0, 0.1) is 11.3 Å². The third kappa shape index (κ3) is 5.47. The van der Waals surface area contributed by atoms with E-state index in [0.29, 0.717) is 24.5 Å². The van der Waals surface area contributed by atoms with Crippen molar-refractivity contribution in [3.63, 3.8) is 0 Å². The molecule has 1 saturated heterocycles. The zero-order chi connectivity index (χ0) is 24.6. The minimum Gasteiger partial charge on any atom is -0.388 e. The normalized spacial score (nSPS) is 28.3. The lowest BCUT2D eigenvalue weighted by Gasteiger charge is -2.51. The fourth-order valence-corrected chi connectivity index (χ4v) is 5.14. The van der Waals surface area contributed by atoms with Crippen LogP contribution in [0.25, 0.3) is 0 Å². The van der Waals surface area contributed by atoms with Crippen LogP contribution in [0.15, 0.2) is 24.3 Å². The molecule has 1 aromatic carbocycles. The van der Waals surface area contributed by atoms with Crippen LogP contribution >= 0.6 is 11.6 Å². The molecule has 3 rings (SSSR count). The largest absolute Gasteiger partial charge is 0.388 e. The van der Waals surface area contributed by atoms with Crippen LogP contribution in [0.5, 0.6) is 0 Å². The number of carbonyl (C=O) groups is 2. The summed E-state index contributed by atoms with van der Waals surface area (Å²) in [6, 6.07) is 6.22. The van der Waals surface area contributed by atoms with Crippen LogP contribution in [0.1, 0.15) is 65.9 Å². The number of benzene rings is 1. The van der Waals surface area contributed by atoms with Gasteiger partial charge in [-0.25, -0.2) is 4.79 Å². The summed E-state index contributed by atoms with van der Waals surface area (Å²) in [4.78, 5) is 27.8. The van der Waals surface area contributed by atoms with E-state index in [9.17, 15) is 19.8 Å². The maximum Gasteiger partial charge on any atom is 0.315 e. The van der Waals surface area contributed by atoms with Crippen molar-refractivity contribution in [1.82, 2.24) is 15.5 Å². The summed E-state index contributed by atoms with van der Waals surface area (Å²) in [6.45, 7) is 9.87. The van der Waals surface area contributed by atoms with E-state index in [-0.39, 0.29) is 23.9 Å². The zero-order valence-corrected chi connectivity index (χ0v) is 21.1. The average Bonchev–Trinajstić information content (AvgIpc) is 3.17. The molecule has 1 heterocycles. The van der Waals surface area contributed by atoms with Gasteiger partial charge < -0.3 is 25.7 Å². The number of amides is 3. The molecule has 2 fully saturated rings. The molecular formula is C25H38ClN3O4. The minimum atomic E-state index is -1.06. The van der Waals surface area contributed by atoms with Gasteiger partial charge in [-0.05, 0) is 57.7 Å². The number of hydrogen-bond donors (Lipinski definition) is 4. The van der Waals surface area contributed by atoms with E-state index in [1.54, 1.807) is 32.9 Å². The van der Waals surface area contributed by atoms with Crippen molar-refractivity contribution >= 4 is 23.5 Å². The molecule has 4 N–H and O–H groups in total. The highest BCUT2D eigenvalue weighted by molar-refractivity contribution is 6.30. The van der Waals surface area contributed by atoms with Gasteiger partial charge in [-0.15, -0.1) is 0 Å². The zero-order valence-electron chi connectivity index (χ0n) is 20.3. The van der Waals surface area contributed by atoms with Crippen LogP contribution < -0.4 is 10.6 Å². The second kappa shape index (κ2) is 9.43. The molecule has 8 heteroatoms. The van der Waals surface area contributed by atoms with Crippen molar-refractivity contribution in [3.8, 4) is 0 Å². The van der Waals surface area contributed by atoms with Crippen molar-refractivity contribution in [2.75, 3.05) is 13.1 Å². The number of urea groups is 1. The highest BCUT2D eigenvalue weighted by atomic mass is 35.5. The Kier molecular flexibility index (Phi) is 7.37. The highest BCUT2D eigenvalue weighted by Crippen LogP contribution is 2.46. The summed E-state index contributed by atoms with van der Waals surface area (Å²) in [7, 11) is 0. The third-order valence-corrected chi connectivity index (χ3v) is 7.89. The van der Waals surface area contributed by atoms with Crippen LogP contribution in [-0.4, -0.2) is 57.8 Å². The maximum atomic E-state index is 13.5. The summed E-state index contributed by atoms with van der Waals surface area (Å²) in [6.07, 6.45) is 2.77. The summed E-state index contributed by atoms with van der Waals surface area (Å²) in [5, 5.41) is 28.0. The Morgan fingerprint density at radius 3 is 2.42 bits per heavy atom. The van der Waals surface area contributed by atoms with E-state index in [1.165, 1.54) is 0 Å². The number of nitrogens with one attached hydrogen (secondary N) is 2. The van der Waals surface area contributed by atoms with Gasteiger partial charge in [-0.1, -0.05) is 44.0 Å². The minimum absolute atomic E-state index is 0.0274. The Morgan fingerprint density at radius 1 is 1.21 bits per heavy atom. The van der Waals surface area contributed by atoms with Crippen molar-refractivity contribution in [2.45, 2.75) is 83.6 Å². The molecule has 33 heavy (non-hydrogen) atoms. The highest BCUT2D eigenvalue weighted by Gasteiger charge is 2.50. The van der Waals surface area contributed by atoms with E-state index >= 15 is 0 Å². The predicted octanol–water partition coefficient (Wildman–Crippen LogP) is 3.41. The fourth-order valence-electron chi connectivity index (χ4n) is 5.02. The first-order valence-corrected chi connectivity index (χ1v) is 12.2. The van der Waals surface area contributed by atoms with Gasteiger partial charge in [0.2, 0.25) is 5.91 Å². The Morgan fingerprint density at radius 2 is 1.85 bits per heavy atom. The number of carbonyl (C=O) groups excluding carboxylic acids is 2. The van der Waals surface area contributed by atoms with Gasteiger partial charge in [0.15, 0.2) is 0 Å². The molecule has 2 aliphatic rings. The quantitative estimate of drug-likeness (QED) is 0.519. The molecule has 7 nitrogen and oxygen atoms in total. The topological polar surface area (TPSA) is 102 Å². The summed E-state index contributed by atoms with van der Waals surface area (Å²) in [5.74, 6) is -0.259. The van der Waals surface area contributed by atoms with Crippen molar-refractivity contribution < 1.29 is 19.8 Å². The standard InChI is InChI=1S/C25H38ClN3O4/c1-16(24(4,5)32)27-22(31)28-20-8-6-7-19(20)21(30)29-14-13-25(33,23(2,3)15-29)17-9-11-18(26)12-10-17/h9-12,16,19-20,32-33H,6-8,13-15H2,1-5H3,(H2,27,28,31)/t16?,19-,20+,25?/m0/s1. The van der Waals surface area contributed by atoms with Crippen LogP contribution in [0.4, 0.5) is 4.79 Å². The SMILES string of the molecule is CC(NC(=O)N[C@@H]1CCC[C@@H]1C(=O)N1CCC(O)(c2ccc(Cl)cc2)C(C)(C)C1)C(C)(C)O. The average molecular weight is 480 g/mol. The van der Waals surface area contributed by atoms with E-state index < -0.39 is 22.7 Å². The molecule has 4 atom stereocenters. The van der Waals surface area contributed by atoms with Gasteiger partial charge in [-0.3, -0.25) is 4.79 Å². The smallest absolute Gasteiger partial charge is 0.315 e. The molecule has 1 aliphatic heterocycles. The van der Waals surface area contributed by atoms with Crippen LogP contribution in [-0.2, 0) is 10.4 Å². The van der Waals surface area contributed by atoms with E-state index in [0.717, 1.165) is 24.8 Å². The first kappa shape index (κ1) is 25.8. The number of nitrogens with zero attached hydrogens (tertiary/aromatic N) is 1. The Balaban J connectivity index is 1.66. The van der Waals surface area contributed by atoms with E-state index in [1.807, 2.05) is 30.9 Å². The molecular weight excluding hydrogens is 442 g/mol. The number of halogens is 1. The van der Waals surface area contributed by atoms with E-state index in [4.69, 9.17) is 11.6 Å². The van der Waals surface area contributed by atoms with Gasteiger partial charge in [0.05, 0.1) is 23.2 Å². The second-order valence-electron chi connectivity index (χ2n) is 10.9. The van der Waals surface area contributed by atoms with Crippen molar-refractivity contribution in [1.29, 1.82) is 0 Å². The molecule has 1 aliphatic carbocycles. The molecule has 0 aromatic heterocycles. The first-order chi connectivity index (χ1) is 15.2. The maximum absolute atomic E-state index is 13.5. The molecule has 1 saturated carbocycles. The third-order valence-electron chi connectivity index (χ3n) is 7.64. The molecule has 3 amide bonds. The monoisotopic (exact) mass is 479 g/mol. The van der Waals surface area contributed by atoms with Gasteiger partial charge in [0.1, 0.15) is 0 Å². The lowest BCUT2D eigenvalue weighted by atomic mass is 9.66. The number of rotatable bonds is 5. The molecule has 184 valence electrons. The van der Waals surface area contributed by atoms with Gasteiger partial charge in [0, 0.05) is 29.6 Å². The first-order valence-electron chi connectivity index (χ1n) is 11.8. The summed E-state index contributed by atoms with van der Waals surface area (Å²) >= 11 is 6.02. The Bertz CT molecular complexity index is 867. The Hall–Kier alpha value is -1.83. The predicted molar refractivity (Wildman–Crippen MR) is 129 cm³/mol. The molecule has 0 radical (unpaired) electrons.